The highest BCUT2D eigenvalue weighted by Crippen LogP contribution is 2.26. The highest BCUT2D eigenvalue weighted by atomic mass is 16.3. The number of nitrogens with zero attached hydrogens (tertiary/aromatic N) is 3. The van der Waals surface area contributed by atoms with Crippen molar-refractivity contribution >= 4 is 6.03 Å². The summed E-state index contributed by atoms with van der Waals surface area (Å²) in [5, 5.41) is 17.4. The van der Waals surface area contributed by atoms with Crippen LogP contribution in [0.1, 0.15) is 32.3 Å². The van der Waals surface area contributed by atoms with Crippen LogP contribution in [0.3, 0.4) is 0 Å². The third-order valence-corrected chi connectivity index (χ3v) is 4.74. The standard InChI is InChI=1S/C19H26N4O2/c1-19(2,25)17-8-5-9-23(17)18(24)20-11-14-6-4-7-15(10-14)16-12-21-22(3)13-16/h4,6-7,10,12-13,17,25H,5,8-9,11H2,1-3H3,(H,20,24)/t17-/m1/s1. The number of urea groups is 1. The average Bonchev–Trinajstić information content (AvgIpc) is 3.21. The number of hydrogen-bond donors (Lipinski definition) is 2. The zero-order chi connectivity index (χ0) is 18.0. The molecule has 1 saturated heterocycles. The molecule has 6 heteroatoms. The van der Waals surface area contributed by atoms with Crippen LogP contribution in [-0.2, 0) is 13.6 Å². The molecule has 2 amide bonds. The molecule has 2 heterocycles. The van der Waals surface area contributed by atoms with Crippen molar-refractivity contribution in [1.82, 2.24) is 20.0 Å². The Morgan fingerprint density at radius 1 is 1.40 bits per heavy atom. The Bertz CT molecular complexity index is 748. The van der Waals surface area contributed by atoms with E-state index >= 15 is 0 Å². The number of amides is 2. The first-order valence-electron chi connectivity index (χ1n) is 8.69. The lowest BCUT2D eigenvalue weighted by atomic mass is 9.97. The van der Waals surface area contributed by atoms with E-state index in [2.05, 4.69) is 16.5 Å². The van der Waals surface area contributed by atoms with Crippen molar-refractivity contribution in [2.24, 2.45) is 7.05 Å². The Labute approximate surface area is 148 Å². The van der Waals surface area contributed by atoms with Crippen molar-refractivity contribution in [2.45, 2.75) is 44.9 Å². The van der Waals surface area contributed by atoms with Gasteiger partial charge in [-0.3, -0.25) is 4.68 Å². The second-order valence-electron chi connectivity index (χ2n) is 7.27. The molecule has 1 aliphatic heterocycles. The maximum absolute atomic E-state index is 12.5. The number of nitrogens with one attached hydrogen (secondary N) is 1. The van der Waals surface area contributed by atoms with Crippen molar-refractivity contribution in [1.29, 1.82) is 0 Å². The number of carbonyl (C=O) groups excluding carboxylic acids is 1. The lowest BCUT2D eigenvalue weighted by molar-refractivity contribution is 0.00979. The zero-order valence-electron chi connectivity index (χ0n) is 15.1. The topological polar surface area (TPSA) is 70.4 Å². The quantitative estimate of drug-likeness (QED) is 0.897. The molecular weight excluding hydrogens is 316 g/mol. The summed E-state index contributed by atoms with van der Waals surface area (Å²) in [6, 6.07) is 7.84. The van der Waals surface area contributed by atoms with Gasteiger partial charge in [0.25, 0.3) is 0 Å². The van der Waals surface area contributed by atoms with Gasteiger partial charge in [0.05, 0.1) is 17.8 Å². The first-order valence-corrected chi connectivity index (χ1v) is 8.69. The van der Waals surface area contributed by atoms with Crippen LogP contribution in [0.15, 0.2) is 36.7 Å². The number of hydrogen-bond acceptors (Lipinski definition) is 3. The molecule has 0 spiro atoms. The largest absolute Gasteiger partial charge is 0.388 e. The van der Waals surface area contributed by atoms with Gasteiger partial charge in [0.1, 0.15) is 0 Å². The number of aliphatic hydroxyl groups is 1. The first kappa shape index (κ1) is 17.5. The van der Waals surface area contributed by atoms with Crippen LogP contribution in [0.4, 0.5) is 4.79 Å². The van der Waals surface area contributed by atoms with Gasteiger partial charge in [-0.2, -0.15) is 5.10 Å². The molecule has 6 nitrogen and oxygen atoms in total. The molecule has 1 aromatic heterocycles. The van der Waals surface area contributed by atoms with Crippen LogP contribution in [0.2, 0.25) is 0 Å². The molecule has 0 saturated carbocycles. The van der Waals surface area contributed by atoms with Gasteiger partial charge in [0.2, 0.25) is 0 Å². The van der Waals surface area contributed by atoms with Gasteiger partial charge in [-0.05, 0) is 43.9 Å². The van der Waals surface area contributed by atoms with E-state index in [9.17, 15) is 9.90 Å². The van der Waals surface area contributed by atoms with Crippen LogP contribution >= 0.6 is 0 Å². The molecule has 1 fully saturated rings. The third-order valence-electron chi connectivity index (χ3n) is 4.74. The van der Waals surface area contributed by atoms with Gasteiger partial charge in [-0.25, -0.2) is 4.79 Å². The van der Waals surface area contributed by atoms with Gasteiger partial charge < -0.3 is 15.3 Å². The second-order valence-corrected chi connectivity index (χ2v) is 7.27. The Balaban J connectivity index is 1.64. The molecule has 0 unspecified atom stereocenters. The number of benzene rings is 1. The number of aromatic nitrogens is 2. The Hall–Kier alpha value is -2.34. The summed E-state index contributed by atoms with van der Waals surface area (Å²) in [6.45, 7) is 4.68. The highest BCUT2D eigenvalue weighted by molar-refractivity contribution is 5.75. The second kappa shape index (κ2) is 6.88. The number of carbonyl (C=O) groups is 1. The molecule has 2 aromatic rings. The van der Waals surface area contributed by atoms with E-state index in [1.807, 2.05) is 37.6 Å². The van der Waals surface area contributed by atoms with Crippen LogP contribution in [0.25, 0.3) is 11.1 Å². The SMILES string of the molecule is Cn1cc(-c2cccc(CNC(=O)N3CCC[C@@H]3C(C)(C)O)c2)cn1. The lowest BCUT2D eigenvalue weighted by Crippen LogP contribution is -2.51. The predicted molar refractivity (Wildman–Crippen MR) is 96.9 cm³/mol. The predicted octanol–water partition coefficient (Wildman–Crippen LogP) is 2.53. The fourth-order valence-electron chi connectivity index (χ4n) is 3.45. The van der Waals surface area contributed by atoms with E-state index in [4.69, 9.17) is 0 Å². The zero-order valence-corrected chi connectivity index (χ0v) is 15.1. The summed E-state index contributed by atoms with van der Waals surface area (Å²) in [4.78, 5) is 14.3. The molecule has 2 N–H and O–H groups in total. The van der Waals surface area contributed by atoms with Crippen LogP contribution < -0.4 is 5.32 Å². The van der Waals surface area contributed by atoms with Gasteiger partial charge in [-0.15, -0.1) is 0 Å². The molecule has 3 rings (SSSR count). The minimum absolute atomic E-state index is 0.114. The summed E-state index contributed by atoms with van der Waals surface area (Å²) >= 11 is 0. The molecular formula is C19H26N4O2. The summed E-state index contributed by atoms with van der Waals surface area (Å²) in [5.41, 5.74) is 2.29. The number of rotatable bonds is 4. The first-order chi connectivity index (χ1) is 11.8. The van der Waals surface area contributed by atoms with E-state index < -0.39 is 5.60 Å². The maximum Gasteiger partial charge on any atom is 0.318 e. The monoisotopic (exact) mass is 342 g/mol. The summed E-state index contributed by atoms with van der Waals surface area (Å²) < 4.78 is 1.77. The summed E-state index contributed by atoms with van der Waals surface area (Å²) in [7, 11) is 1.89. The summed E-state index contributed by atoms with van der Waals surface area (Å²) in [5.74, 6) is 0. The van der Waals surface area contributed by atoms with Crippen molar-refractivity contribution < 1.29 is 9.90 Å². The van der Waals surface area contributed by atoms with Crippen LogP contribution in [-0.4, -0.2) is 44.0 Å². The molecule has 0 radical (unpaired) electrons. The molecule has 1 aromatic carbocycles. The Morgan fingerprint density at radius 3 is 2.88 bits per heavy atom. The maximum atomic E-state index is 12.5. The minimum Gasteiger partial charge on any atom is -0.388 e. The highest BCUT2D eigenvalue weighted by Gasteiger charge is 2.38. The Kier molecular flexibility index (Phi) is 4.81. The van der Waals surface area contributed by atoms with E-state index in [1.165, 1.54) is 0 Å². The lowest BCUT2D eigenvalue weighted by Gasteiger charge is -2.33. The van der Waals surface area contributed by atoms with E-state index in [0.29, 0.717) is 13.1 Å². The van der Waals surface area contributed by atoms with Gasteiger partial charge in [0.15, 0.2) is 0 Å². The molecule has 0 bridgehead atoms. The van der Waals surface area contributed by atoms with E-state index in [1.54, 1.807) is 23.4 Å². The van der Waals surface area contributed by atoms with Crippen molar-refractivity contribution in [3.8, 4) is 11.1 Å². The van der Waals surface area contributed by atoms with Crippen molar-refractivity contribution in [3.63, 3.8) is 0 Å². The molecule has 25 heavy (non-hydrogen) atoms. The normalized spacial score (nSPS) is 17.8. The third kappa shape index (κ3) is 4.02. The molecule has 1 atom stereocenters. The summed E-state index contributed by atoms with van der Waals surface area (Å²) in [6.07, 6.45) is 5.57. The van der Waals surface area contributed by atoms with Crippen LogP contribution in [0, 0.1) is 0 Å². The molecule has 134 valence electrons. The Morgan fingerprint density at radius 2 is 2.20 bits per heavy atom. The average molecular weight is 342 g/mol. The molecule has 1 aliphatic rings. The van der Waals surface area contributed by atoms with E-state index in [-0.39, 0.29) is 12.1 Å². The fourth-order valence-corrected chi connectivity index (χ4v) is 3.45. The van der Waals surface area contributed by atoms with Gasteiger partial charge in [0, 0.05) is 31.9 Å². The van der Waals surface area contributed by atoms with Gasteiger partial charge >= 0.3 is 6.03 Å². The number of likely N-dealkylation sites (tertiary alicyclic amines) is 1. The van der Waals surface area contributed by atoms with Gasteiger partial charge in [-0.1, -0.05) is 18.2 Å². The minimum atomic E-state index is -0.881. The van der Waals surface area contributed by atoms with Crippen LogP contribution in [0.5, 0.6) is 0 Å². The molecule has 0 aliphatic carbocycles. The van der Waals surface area contributed by atoms with Crippen molar-refractivity contribution in [3.05, 3.63) is 42.2 Å². The fraction of sp³-hybridized carbons (Fsp3) is 0.474. The van der Waals surface area contributed by atoms with E-state index in [0.717, 1.165) is 29.5 Å². The van der Waals surface area contributed by atoms with Crippen molar-refractivity contribution in [2.75, 3.05) is 6.54 Å². The smallest absolute Gasteiger partial charge is 0.318 e. The number of aryl methyl sites for hydroxylation is 1.